The fourth-order valence-electron chi connectivity index (χ4n) is 4.39. The zero-order chi connectivity index (χ0) is 24.2. The highest BCUT2D eigenvalue weighted by Crippen LogP contribution is 2.25. The largest absolute Gasteiger partial charge is 0.341 e. The van der Waals surface area contributed by atoms with Gasteiger partial charge in [0.15, 0.2) is 0 Å². The van der Waals surface area contributed by atoms with E-state index in [9.17, 15) is 14.9 Å². The molecule has 3 aromatic rings. The number of aromatic nitrogens is 1. The molecule has 1 aliphatic rings. The van der Waals surface area contributed by atoms with E-state index < -0.39 is 5.91 Å². The van der Waals surface area contributed by atoms with Crippen molar-refractivity contribution in [3.63, 3.8) is 0 Å². The standard InChI is InChI=1S/C28H30N4O2/c1-19-10-12-31(13-11-19)27(33)18-32-17-23(24-6-4-5-7-26(24)32)15-22(16-29)28(34)30-25-14-20(2)8-9-21(25)3/h4-9,14-15,17,19H,10-13,18H2,1-3H3,(H,30,34)/b22-15+. The lowest BCUT2D eigenvalue weighted by molar-refractivity contribution is -0.133. The fraction of sp³-hybridized carbons (Fsp3) is 0.321. The van der Waals surface area contributed by atoms with Crippen LogP contribution in [0.25, 0.3) is 17.0 Å². The van der Waals surface area contributed by atoms with Gasteiger partial charge in [0.1, 0.15) is 18.2 Å². The Morgan fingerprint density at radius 2 is 1.88 bits per heavy atom. The van der Waals surface area contributed by atoms with Crippen LogP contribution < -0.4 is 5.32 Å². The first-order valence-electron chi connectivity index (χ1n) is 11.7. The van der Waals surface area contributed by atoms with E-state index in [1.807, 2.05) is 78.0 Å². The normalized spacial score (nSPS) is 14.8. The number of likely N-dealkylation sites (tertiary alicyclic amines) is 1. The van der Waals surface area contributed by atoms with Crippen molar-refractivity contribution in [2.24, 2.45) is 5.92 Å². The molecule has 34 heavy (non-hydrogen) atoms. The summed E-state index contributed by atoms with van der Waals surface area (Å²) in [5, 5.41) is 13.5. The van der Waals surface area contributed by atoms with Crippen molar-refractivity contribution in [3.05, 3.63) is 70.9 Å². The highest BCUT2D eigenvalue weighted by Gasteiger charge is 2.21. The molecule has 0 saturated carbocycles. The van der Waals surface area contributed by atoms with Gasteiger partial charge in [-0.1, -0.05) is 37.3 Å². The van der Waals surface area contributed by atoms with Crippen LogP contribution in [0.15, 0.2) is 54.2 Å². The van der Waals surface area contributed by atoms with Crippen LogP contribution in [0, 0.1) is 31.1 Å². The number of hydrogen-bond acceptors (Lipinski definition) is 3. The van der Waals surface area contributed by atoms with Crippen LogP contribution in [0.1, 0.15) is 36.5 Å². The van der Waals surface area contributed by atoms with Crippen molar-refractivity contribution in [3.8, 4) is 6.07 Å². The maximum Gasteiger partial charge on any atom is 0.266 e. The number of aryl methyl sites for hydroxylation is 2. The Bertz CT molecular complexity index is 1300. The second kappa shape index (κ2) is 9.96. The average Bonchev–Trinajstić information content (AvgIpc) is 3.17. The molecule has 6 nitrogen and oxygen atoms in total. The number of benzene rings is 2. The van der Waals surface area contributed by atoms with Gasteiger partial charge in [-0.05, 0) is 61.9 Å². The Morgan fingerprint density at radius 3 is 2.62 bits per heavy atom. The molecule has 1 saturated heterocycles. The number of carbonyl (C=O) groups excluding carboxylic acids is 2. The van der Waals surface area contributed by atoms with E-state index in [0.29, 0.717) is 11.6 Å². The lowest BCUT2D eigenvalue weighted by atomic mass is 9.99. The molecule has 6 heteroatoms. The van der Waals surface area contributed by atoms with E-state index in [-0.39, 0.29) is 18.0 Å². The van der Waals surface area contributed by atoms with E-state index in [2.05, 4.69) is 12.2 Å². The summed E-state index contributed by atoms with van der Waals surface area (Å²) in [5.74, 6) is 0.301. The first-order valence-corrected chi connectivity index (χ1v) is 11.7. The highest BCUT2D eigenvalue weighted by atomic mass is 16.2. The number of piperidine rings is 1. The molecule has 1 aromatic heterocycles. The first kappa shape index (κ1) is 23.3. The summed E-state index contributed by atoms with van der Waals surface area (Å²) < 4.78 is 1.92. The summed E-state index contributed by atoms with van der Waals surface area (Å²) in [4.78, 5) is 27.8. The van der Waals surface area contributed by atoms with Crippen LogP contribution in [0.5, 0.6) is 0 Å². The fourth-order valence-corrected chi connectivity index (χ4v) is 4.39. The lowest BCUT2D eigenvalue weighted by Crippen LogP contribution is -2.39. The van der Waals surface area contributed by atoms with Crippen LogP contribution in [0.2, 0.25) is 0 Å². The Balaban J connectivity index is 1.60. The quantitative estimate of drug-likeness (QED) is 0.432. The van der Waals surface area contributed by atoms with Gasteiger partial charge in [-0.25, -0.2) is 0 Å². The topological polar surface area (TPSA) is 78.1 Å². The third-order valence-corrected chi connectivity index (χ3v) is 6.57. The number of carbonyl (C=O) groups is 2. The summed E-state index contributed by atoms with van der Waals surface area (Å²) >= 11 is 0. The molecule has 0 spiro atoms. The zero-order valence-electron chi connectivity index (χ0n) is 20.0. The van der Waals surface area contributed by atoms with Crippen LogP contribution in [-0.2, 0) is 16.1 Å². The van der Waals surface area contributed by atoms with Crippen LogP contribution in [-0.4, -0.2) is 34.4 Å². The second-order valence-corrected chi connectivity index (χ2v) is 9.24. The molecule has 1 aliphatic heterocycles. The molecule has 2 amide bonds. The molecule has 0 bridgehead atoms. The Morgan fingerprint density at radius 1 is 1.15 bits per heavy atom. The molecule has 1 fully saturated rings. The van der Waals surface area contributed by atoms with Gasteiger partial charge in [-0.3, -0.25) is 9.59 Å². The second-order valence-electron chi connectivity index (χ2n) is 9.24. The molecule has 0 aliphatic carbocycles. The van der Waals surface area contributed by atoms with Gasteiger partial charge < -0.3 is 14.8 Å². The van der Waals surface area contributed by atoms with Crippen molar-refractivity contribution in [2.75, 3.05) is 18.4 Å². The van der Waals surface area contributed by atoms with E-state index >= 15 is 0 Å². The van der Waals surface area contributed by atoms with Crippen molar-refractivity contribution < 1.29 is 9.59 Å². The van der Waals surface area contributed by atoms with E-state index in [1.54, 1.807) is 6.08 Å². The molecule has 174 valence electrons. The summed E-state index contributed by atoms with van der Waals surface area (Å²) in [7, 11) is 0. The Hall–Kier alpha value is -3.85. The van der Waals surface area contributed by atoms with Gasteiger partial charge in [-0.15, -0.1) is 0 Å². The van der Waals surface area contributed by atoms with Crippen molar-refractivity contribution in [1.29, 1.82) is 5.26 Å². The van der Waals surface area contributed by atoms with Gasteiger partial charge in [-0.2, -0.15) is 5.26 Å². The van der Waals surface area contributed by atoms with E-state index in [0.717, 1.165) is 53.5 Å². The Kier molecular flexibility index (Phi) is 6.83. The van der Waals surface area contributed by atoms with Gasteiger partial charge in [0, 0.05) is 41.4 Å². The number of para-hydroxylation sites is 1. The van der Waals surface area contributed by atoms with Crippen molar-refractivity contribution >= 4 is 34.5 Å². The maximum absolute atomic E-state index is 12.9. The van der Waals surface area contributed by atoms with E-state index in [1.165, 1.54) is 0 Å². The van der Waals surface area contributed by atoms with Crippen molar-refractivity contribution in [1.82, 2.24) is 9.47 Å². The predicted octanol–water partition coefficient (Wildman–Crippen LogP) is 5.06. The maximum atomic E-state index is 12.9. The molecule has 2 heterocycles. The number of nitrogens with one attached hydrogen (secondary N) is 1. The summed E-state index contributed by atoms with van der Waals surface area (Å²) in [6.07, 6.45) is 5.53. The SMILES string of the molecule is Cc1ccc(C)c(NC(=O)/C(C#N)=C/c2cn(CC(=O)N3CCC(C)CC3)c3ccccc23)c1. The number of amides is 2. The van der Waals surface area contributed by atoms with Gasteiger partial charge in [0.25, 0.3) is 5.91 Å². The van der Waals surface area contributed by atoms with Crippen LogP contribution in [0.4, 0.5) is 5.69 Å². The first-order chi connectivity index (χ1) is 16.4. The minimum absolute atomic E-state index is 0.0140. The molecule has 2 aromatic carbocycles. The number of nitrogens with zero attached hydrogens (tertiary/aromatic N) is 3. The van der Waals surface area contributed by atoms with E-state index in [4.69, 9.17) is 0 Å². The zero-order valence-corrected chi connectivity index (χ0v) is 20.0. The number of fused-ring (bicyclic) bond motifs is 1. The number of hydrogen-bond donors (Lipinski definition) is 1. The molecule has 1 N–H and O–H groups in total. The molecular formula is C28H30N4O2. The number of anilines is 1. The molecule has 0 unspecified atom stereocenters. The summed E-state index contributed by atoms with van der Waals surface area (Å²) in [6.45, 7) is 7.92. The lowest BCUT2D eigenvalue weighted by Gasteiger charge is -2.30. The third kappa shape index (κ3) is 5.04. The summed E-state index contributed by atoms with van der Waals surface area (Å²) in [5.41, 5.74) is 4.30. The average molecular weight is 455 g/mol. The number of nitriles is 1. The smallest absolute Gasteiger partial charge is 0.266 e. The molecular weight excluding hydrogens is 424 g/mol. The highest BCUT2D eigenvalue weighted by molar-refractivity contribution is 6.11. The van der Waals surface area contributed by atoms with Gasteiger partial charge >= 0.3 is 0 Å². The van der Waals surface area contributed by atoms with Crippen LogP contribution in [0.3, 0.4) is 0 Å². The summed E-state index contributed by atoms with van der Waals surface area (Å²) in [6, 6.07) is 15.6. The molecule has 4 rings (SSSR count). The van der Waals surface area contributed by atoms with Gasteiger partial charge in [0.2, 0.25) is 5.91 Å². The minimum atomic E-state index is -0.452. The van der Waals surface area contributed by atoms with Crippen molar-refractivity contribution in [2.45, 2.75) is 40.2 Å². The third-order valence-electron chi connectivity index (χ3n) is 6.57. The Labute approximate surface area is 200 Å². The number of rotatable bonds is 5. The van der Waals surface area contributed by atoms with Gasteiger partial charge in [0.05, 0.1) is 0 Å². The molecule has 0 radical (unpaired) electrons. The monoisotopic (exact) mass is 454 g/mol. The predicted molar refractivity (Wildman–Crippen MR) is 135 cm³/mol. The van der Waals surface area contributed by atoms with Crippen LogP contribution >= 0.6 is 0 Å². The molecule has 0 atom stereocenters. The minimum Gasteiger partial charge on any atom is -0.341 e.